The fourth-order valence-corrected chi connectivity index (χ4v) is 3.19. The molecule has 0 aromatic heterocycles. The molecule has 0 atom stereocenters. The Morgan fingerprint density at radius 2 is 1.96 bits per heavy atom. The van der Waals surface area contributed by atoms with Crippen molar-refractivity contribution in [3.8, 4) is 0 Å². The maximum atomic E-state index is 12.2. The molecule has 1 heterocycles. The second kappa shape index (κ2) is 6.24. The third-order valence-electron chi connectivity index (χ3n) is 3.90. The van der Waals surface area contributed by atoms with Crippen molar-refractivity contribution >= 4 is 44.6 Å². The molecule has 1 aliphatic rings. The molecule has 0 saturated heterocycles. The van der Waals surface area contributed by atoms with Crippen LogP contribution in [0.2, 0.25) is 0 Å². The highest BCUT2D eigenvalue weighted by Gasteiger charge is 2.26. The van der Waals surface area contributed by atoms with Gasteiger partial charge in [-0.3, -0.25) is 14.9 Å². The Morgan fingerprint density at radius 3 is 2.58 bits per heavy atom. The monoisotopic (exact) mass is 374 g/mol. The predicted octanol–water partition coefficient (Wildman–Crippen LogP) is 1.78. The number of primary sulfonamides is 1. The number of amides is 1. The van der Waals surface area contributed by atoms with Crippen LogP contribution in [0, 0.1) is 10.1 Å². The van der Waals surface area contributed by atoms with Gasteiger partial charge in [-0.2, -0.15) is 0 Å². The Balaban J connectivity index is 2.13. The van der Waals surface area contributed by atoms with E-state index in [1.54, 1.807) is 13.1 Å². The molecule has 134 valence electrons. The lowest BCUT2D eigenvalue weighted by molar-refractivity contribution is -0.384. The fourth-order valence-electron chi connectivity index (χ4n) is 2.66. The summed E-state index contributed by atoms with van der Waals surface area (Å²) < 4.78 is 23.1. The number of carbonyl (C=O) groups is 1. The van der Waals surface area contributed by atoms with E-state index >= 15 is 0 Å². The normalized spacial score (nSPS) is 14.8. The number of hydrogen-bond acceptors (Lipinski definition) is 6. The summed E-state index contributed by atoms with van der Waals surface area (Å²) in [6.07, 6.45) is 1.46. The van der Waals surface area contributed by atoms with Crippen LogP contribution in [0.4, 0.5) is 17.1 Å². The molecule has 0 radical (unpaired) electrons. The highest BCUT2D eigenvalue weighted by atomic mass is 32.2. The predicted molar refractivity (Wildman–Crippen MR) is 97.0 cm³/mol. The summed E-state index contributed by atoms with van der Waals surface area (Å²) >= 11 is 0. The average Bonchev–Trinajstić information content (AvgIpc) is 2.89. The molecule has 0 bridgehead atoms. The van der Waals surface area contributed by atoms with Gasteiger partial charge in [-0.05, 0) is 35.9 Å². The van der Waals surface area contributed by atoms with Gasteiger partial charge in [-0.15, -0.1) is 0 Å². The van der Waals surface area contributed by atoms with Crippen LogP contribution < -0.4 is 15.8 Å². The molecule has 26 heavy (non-hydrogen) atoms. The van der Waals surface area contributed by atoms with Gasteiger partial charge in [0.2, 0.25) is 10.0 Å². The van der Waals surface area contributed by atoms with E-state index in [2.05, 4.69) is 10.6 Å². The molecule has 10 heteroatoms. The number of rotatable bonds is 4. The van der Waals surface area contributed by atoms with Gasteiger partial charge in [0.15, 0.2) is 0 Å². The van der Waals surface area contributed by atoms with Crippen LogP contribution in [0.25, 0.3) is 11.6 Å². The van der Waals surface area contributed by atoms with Gasteiger partial charge in [0.25, 0.3) is 11.6 Å². The number of nitro groups is 1. The minimum atomic E-state index is -3.93. The second-order valence-corrected chi connectivity index (χ2v) is 7.11. The fraction of sp³-hybridized carbons (Fsp3) is 0.0625. The van der Waals surface area contributed by atoms with Gasteiger partial charge in [-0.1, -0.05) is 6.07 Å². The van der Waals surface area contributed by atoms with Crippen LogP contribution >= 0.6 is 0 Å². The molecule has 0 spiro atoms. The van der Waals surface area contributed by atoms with Crippen molar-refractivity contribution in [3.63, 3.8) is 0 Å². The number of sulfonamides is 1. The van der Waals surface area contributed by atoms with Crippen LogP contribution in [0.1, 0.15) is 11.1 Å². The van der Waals surface area contributed by atoms with Crippen LogP contribution in [0.5, 0.6) is 0 Å². The molecular weight excluding hydrogens is 360 g/mol. The zero-order chi connectivity index (χ0) is 19.1. The number of nitrogens with zero attached hydrogens (tertiary/aromatic N) is 1. The number of hydrogen-bond donors (Lipinski definition) is 3. The number of carbonyl (C=O) groups excluding carboxylic acids is 1. The van der Waals surface area contributed by atoms with Crippen LogP contribution in [0.3, 0.4) is 0 Å². The number of anilines is 2. The molecule has 3 rings (SSSR count). The van der Waals surface area contributed by atoms with Crippen LogP contribution in [-0.2, 0) is 14.8 Å². The van der Waals surface area contributed by atoms with Crippen molar-refractivity contribution in [3.05, 3.63) is 57.6 Å². The number of nitrogens with two attached hydrogens (primary N) is 1. The van der Waals surface area contributed by atoms with E-state index in [1.807, 2.05) is 0 Å². The third kappa shape index (κ3) is 3.15. The summed E-state index contributed by atoms with van der Waals surface area (Å²) in [4.78, 5) is 22.7. The van der Waals surface area contributed by atoms with E-state index in [0.29, 0.717) is 22.5 Å². The first-order valence-corrected chi connectivity index (χ1v) is 8.92. The molecule has 2 aromatic rings. The zero-order valence-electron chi connectivity index (χ0n) is 13.5. The maximum Gasteiger partial charge on any atom is 0.292 e. The number of nitrogens with one attached hydrogen (secondary N) is 2. The lowest BCUT2D eigenvalue weighted by Gasteiger charge is -2.04. The minimum absolute atomic E-state index is 0.129. The molecule has 4 N–H and O–H groups in total. The Kier molecular flexibility index (Phi) is 4.22. The summed E-state index contributed by atoms with van der Waals surface area (Å²) in [7, 11) is -2.36. The topological polar surface area (TPSA) is 144 Å². The highest BCUT2D eigenvalue weighted by Crippen LogP contribution is 2.35. The van der Waals surface area contributed by atoms with E-state index in [0.717, 1.165) is 0 Å². The molecular formula is C16H14N4O5S. The Hall–Kier alpha value is -3.24. The lowest BCUT2D eigenvalue weighted by Crippen LogP contribution is -2.12. The first kappa shape index (κ1) is 17.6. The zero-order valence-corrected chi connectivity index (χ0v) is 14.3. The van der Waals surface area contributed by atoms with Crippen molar-refractivity contribution in [2.75, 3.05) is 17.7 Å². The van der Waals surface area contributed by atoms with Crippen molar-refractivity contribution in [1.82, 2.24) is 0 Å². The van der Waals surface area contributed by atoms with Gasteiger partial charge in [0.1, 0.15) is 5.69 Å². The first-order chi connectivity index (χ1) is 12.2. The molecule has 0 saturated carbocycles. The van der Waals surface area contributed by atoms with Crippen LogP contribution in [-0.4, -0.2) is 26.3 Å². The van der Waals surface area contributed by atoms with E-state index in [9.17, 15) is 23.3 Å². The summed E-state index contributed by atoms with van der Waals surface area (Å²) in [5.41, 5.74) is 1.62. The quantitative estimate of drug-likeness (QED) is 0.422. The SMILES string of the molecule is CNc1ccc(C=C2C(=O)Nc3ccc(S(N)(=O)=O)cc32)cc1[N+](=O)[O-]. The van der Waals surface area contributed by atoms with Gasteiger partial charge in [0, 0.05) is 29.9 Å². The largest absolute Gasteiger partial charge is 0.383 e. The van der Waals surface area contributed by atoms with Gasteiger partial charge < -0.3 is 10.6 Å². The van der Waals surface area contributed by atoms with E-state index in [4.69, 9.17) is 5.14 Å². The molecule has 1 aliphatic heterocycles. The van der Waals surface area contributed by atoms with Crippen molar-refractivity contribution in [1.29, 1.82) is 0 Å². The summed E-state index contributed by atoms with van der Waals surface area (Å²) in [6.45, 7) is 0. The van der Waals surface area contributed by atoms with Gasteiger partial charge in [-0.25, -0.2) is 13.6 Å². The number of fused-ring (bicyclic) bond motifs is 1. The van der Waals surface area contributed by atoms with Crippen molar-refractivity contribution in [2.24, 2.45) is 5.14 Å². The molecule has 2 aromatic carbocycles. The smallest absolute Gasteiger partial charge is 0.292 e. The maximum absolute atomic E-state index is 12.2. The molecule has 1 amide bonds. The van der Waals surface area contributed by atoms with E-state index in [-0.39, 0.29) is 16.2 Å². The van der Waals surface area contributed by atoms with Gasteiger partial charge >= 0.3 is 0 Å². The highest BCUT2D eigenvalue weighted by molar-refractivity contribution is 7.89. The number of nitro benzene ring substituents is 1. The van der Waals surface area contributed by atoms with Crippen LogP contribution in [0.15, 0.2) is 41.3 Å². The van der Waals surface area contributed by atoms with Crippen molar-refractivity contribution in [2.45, 2.75) is 4.90 Å². The summed E-state index contributed by atoms with van der Waals surface area (Å²) in [6, 6.07) is 8.50. The Labute approximate surface area is 148 Å². The Bertz CT molecular complexity index is 1080. The van der Waals surface area contributed by atoms with E-state index in [1.165, 1.54) is 36.4 Å². The first-order valence-electron chi connectivity index (χ1n) is 7.37. The molecule has 0 fully saturated rings. The van der Waals surface area contributed by atoms with Gasteiger partial charge in [0.05, 0.1) is 9.82 Å². The average molecular weight is 374 g/mol. The van der Waals surface area contributed by atoms with Crippen molar-refractivity contribution < 1.29 is 18.1 Å². The minimum Gasteiger partial charge on any atom is -0.383 e. The summed E-state index contributed by atoms with van der Waals surface area (Å²) in [5, 5.41) is 21.6. The summed E-state index contributed by atoms with van der Waals surface area (Å²) in [5.74, 6) is -0.438. The molecule has 0 aliphatic carbocycles. The lowest BCUT2D eigenvalue weighted by atomic mass is 10.0. The standard InChI is InChI=1S/C16H14N4O5S/c1-18-14-4-2-9(7-15(14)20(22)23)6-12-11-8-10(26(17,24)25)3-5-13(11)19-16(12)21/h2-8,18H,1H3,(H,19,21)(H2,17,24,25). The second-order valence-electron chi connectivity index (χ2n) is 5.55. The third-order valence-corrected chi connectivity index (χ3v) is 4.81. The molecule has 0 unspecified atom stereocenters. The van der Waals surface area contributed by atoms with E-state index < -0.39 is 20.9 Å². The molecule has 9 nitrogen and oxygen atoms in total. The Morgan fingerprint density at radius 1 is 1.23 bits per heavy atom. The number of benzene rings is 2.